The topological polar surface area (TPSA) is 58.4 Å². The van der Waals surface area contributed by atoms with Gasteiger partial charge in [-0.3, -0.25) is 4.79 Å². The zero-order valence-electron chi connectivity index (χ0n) is 12.9. The molecule has 1 atom stereocenters. The van der Waals surface area contributed by atoms with E-state index >= 15 is 0 Å². The summed E-state index contributed by atoms with van der Waals surface area (Å²) in [6.45, 7) is 7.42. The number of hydrogen-bond donors (Lipinski definition) is 2. The van der Waals surface area contributed by atoms with Crippen LogP contribution in [0.25, 0.3) is 6.08 Å². The first-order valence-corrected chi connectivity index (χ1v) is 7.60. The maximum atomic E-state index is 11.8. The van der Waals surface area contributed by atoms with Gasteiger partial charge in [0.2, 0.25) is 5.91 Å². The minimum Gasteiger partial charge on any atom is -0.399 e. The Labute approximate surface area is 127 Å². The van der Waals surface area contributed by atoms with Crippen LogP contribution in [0.2, 0.25) is 0 Å². The van der Waals surface area contributed by atoms with Crippen molar-refractivity contribution < 1.29 is 4.79 Å². The standard InChI is InChI=1S/C17H25N3O/c1-13(2)20-10-9-15(12-20)11-19-17(21)8-5-14-3-6-16(18)7-4-14/h3-8,13,15H,9-12,18H2,1-2H3,(H,19,21)/b8-5+. The molecule has 0 aromatic heterocycles. The summed E-state index contributed by atoms with van der Waals surface area (Å²) in [5.74, 6) is 0.538. The highest BCUT2D eigenvalue weighted by molar-refractivity contribution is 5.91. The van der Waals surface area contributed by atoms with Crippen LogP contribution in [0.5, 0.6) is 0 Å². The number of carbonyl (C=O) groups is 1. The predicted octanol–water partition coefficient (Wildman–Crippen LogP) is 2.13. The molecule has 1 aliphatic rings. The van der Waals surface area contributed by atoms with Gasteiger partial charge in [-0.15, -0.1) is 0 Å². The average Bonchev–Trinajstić information content (AvgIpc) is 2.93. The molecular weight excluding hydrogens is 262 g/mol. The van der Waals surface area contributed by atoms with E-state index in [0.717, 1.165) is 30.9 Å². The maximum Gasteiger partial charge on any atom is 0.244 e. The first-order valence-electron chi connectivity index (χ1n) is 7.60. The molecule has 1 aromatic rings. The summed E-state index contributed by atoms with van der Waals surface area (Å²) in [7, 11) is 0. The number of nitrogens with one attached hydrogen (secondary N) is 1. The van der Waals surface area contributed by atoms with Gasteiger partial charge in [-0.2, -0.15) is 0 Å². The number of rotatable bonds is 5. The third-order valence-electron chi connectivity index (χ3n) is 3.98. The van der Waals surface area contributed by atoms with Gasteiger partial charge in [0.25, 0.3) is 0 Å². The van der Waals surface area contributed by atoms with E-state index in [1.165, 1.54) is 6.42 Å². The van der Waals surface area contributed by atoms with Crippen LogP contribution in [0, 0.1) is 5.92 Å². The molecular formula is C17H25N3O. The van der Waals surface area contributed by atoms with Gasteiger partial charge in [0.1, 0.15) is 0 Å². The molecule has 0 saturated carbocycles. The van der Waals surface area contributed by atoms with E-state index in [-0.39, 0.29) is 5.91 Å². The highest BCUT2D eigenvalue weighted by Gasteiger charge is 2.23. The minimum absolute atomic E-state index is 0.0326. The van der Waals surface area contributed by atoms with Crippen LogP contribution < -0.4 is 11.1 Å². The molecule has 0 radical (unpaired) electrons. The first-order chi connectivity index (χ1) is 10.0. The molecule has 0 aliphatic carbocycles. The van der Waals surface area contributed by atoms with Crippen LogP contribution in [0.15, 0.2) is 30.3 Å². The summed E-state index contributed by atoms with van der Waals surface area (Å²) < 4.78 is 0. The Kier molecular flexibility index (Phi) is 5.39. The number of carbonyl (C=O) groups excluding carboxylic acids is 1. The summed E-state index contributed by atoms with van der Waals surface area (Å²) >= 11 is 0. The number of hydrogen-bond acceptors (Lipinski definition) is 3. The van der Waals surface area contributed by atoms with E-state index in [1.54, 1.807) is 6.08 Å². The van der Waals surface area contributed by atoms with Gasteiger partial charge in [-0.05, 0) is 56.5 Å². The molecule has 0 bridgehead atoms. The Bertz CT molecular complexity index is 493. The van der Waals surface area contributed by atoms with Crippen molar-refractivity contribution in [2.75, 3.05) is 25.4 Å². The molecule has 4 nitrogen and oxygen atoms in total. The fourth-order valence-electron chi connectivity index (χ4n) is 2.58. The molecule has 1 fully saturated rings. The number of nitrogens with zero attached hydrogens (tertiary/aromatic N) is 1. The van der Waals surface area contributed by atoms with Crippen molar-refractivity contribution in [3.8, 4) is 0 Å². The zero-order chi connectivity index (χ0) is 15.2. The Hall–Kier alpha value is -1.81. The molecule has 3 N–H and O–H groups in total. The van der Waals surface area contributed by atoms with Crippen molar-refractivity contribution in [3.63, 3.8) is 0 Å². The summed E-state index contributed by atoms with van der Waals surface area (Å²) in [5.41, 5.74) is 7.33. The van der Waals surface area contributed by atoms with Gasteiger partial charge in [0.15, 0.2) is 0 Å². The van der Waals surface area contributed by atoms with E-state index < -0.39 is 0 Å². The van der Waals surface area contributed by atoms with E-state index in [4.69, 9.17) is 5.73 Å². The number of likely N-dealkylation sites (tertiary alicyclic amines) is 1. The Morgan fingerprint density at radius 1 is 1.43 bits per heavy atom. The van der Waals surface area contributed by atoms with E-state index in [2.05, 4.69) is 24.1 Å². The second-order valence-electron chi connectivity index (χ2n) is 5.99. The molecule has 1 amide bonds. The van der Waals surface area contributed by atoms with Crippen LogP contribution >= 0.6 is 0 Å². The first kappa shape index (κ1) is 15.6. The number of nitrogen functional groups attached to an aromatic ring is 1. The lowest BCUT2D eigenvalue weighted by Gasteiger charge is -2.20. The van der Waals surface area contributed by atoms with Crippen molar-refractivity contribution in [3.05, 3.63) is 35.9 Å². The van der Waals surface area contributed by atoms with E-state index in [1.807, 2.05) is 30.3 Å². The minimum atomic E-state index is -0.0326. The van der Waals surface area contributed by atoms with Gasteiger partial charge >= 0.3 is 0 Å². The second-order valence-corrected chi connectivity index (χ2v) is 5.99. The smallest absolute Gasteiger partial charge is 0.244 e. The van der Waals surface area contributed by atoms with E-state index in [9.17, 15) is 4.79 Å². The third-order valence-corrected chi connectivity index (χ3v) is 3.98. The molecule has 1 unspecified atom stereocenters. The summed E-state index contributed by atoms with van der Waals surface area (Å²) in [5, 5.41) is 2.99. The number of nitrogens with two attached hydrogens (primary N) is 1. The Morgan fingerprint density at radius 3 is 2.76 bits per heavy atom. The molecule has 1 aliphatic heterocycles. The Morgan fingerprint density at radius 2 is 2.14 bits per heavy atom. The van der Waals surface area contributed by atoms with Crippen molar-refractivity contribution in [1.29, 1.82) is 0 Å². The summed E-state index contributed by atoms with van der Waals surface area (Å²) in [6.07, 6.45) is 4.56. The molecule has 1 aromatic carbocycles. The average molecular weight is 287 g/mol. The molecule has 21 heavy (non-hydrogen) atoms. The number of anilines is 1. The fraction of sp³-hybridized carbons (Fsp3) is 0.471. The number of benzene rings is 1. The van der Waals surface area contributed by atoms with Crippen molar-refractivity contribution in [2.24, 2.45) is 5.92 Å². The highest BCUT2D eigenvalue weighted by atomic mass is 16.1. The quantitative estimate of drug-likeness (QED) is 0.644. The SMILES string of the molecule is CC(C)N1CCC(CNC(=O)/C=C/c2ccc(N)cc2)C1. The fourth-order valence-corrected chi connectivity index (χ4v) is 2.58. The van der Waals surface area contributed by atoms with Crippen LogP contribution in [-0.4, -0.2) is 36.5 Å². The van der Waals surface area contributed by atoms with Crippen molar-refractivity contribution in [1.82, 2.24) is 10.2 Å². The second kappa shape index (κ2) is 7.27. The summed E-state index contributed by atoms with van der Waals surface area (Å²) in [6, 6.07) is 8.05. The van der Waals surface area contributed by atoms with Crippen LogP contribution in [0.4, 0.5) is 5.69 Å². The molecule has 0 spiro atoms. The lowest BCUT2D eigenvalue weighted by Crippen LogP contribution is -2.32. The summed E-state index contributed by atoms with van der Waals surface area (Å²) in [4.78, 5) is 14.3. The largest absolute Gasteiger partial charge is 0.399 e. The van der Waals surface area contributed by atoms with Crippen LogP contribution in [0.3, 0.4) is 0 Å². The molecule has 2 rings (SSSR count). The lowest BCUT2D eigenvalue weighted by molar-refractivity contribution is -0.116. The van der Waals surface area contributed by atoms with Gasteiger partial charge in [0, 0.05) is 30.9 Å². The monoisotopic (exact) mass is 287 g/mol. The van der Waals surface area contributed by atoms with Crippen molar-refractivity contribution >= 4 is 17.7 Å². The Balaban J connectivity index is 1.74. The number of amides is 1. The lowest BCUT2D eigenvalue weighted by atomic mass is 10.1. The molecule has 114 valence electrons. The van der Waals surface area contributed by atoms with Gasteiger partial charge in [-0.25, -0.2) is 0 Å². The molecule has 4 heteroatoms. The predicted molar refractivity (Wildman–Crippen MR) is 87.7 cm³/mol. The van der Waals surface area contributed by atoms with Gasteiger partial charge in [-0.1, -0.05) is 12.1 Å². The van der Waals surface area contributed by atoms with Crippen LogP contribution in [0.1, 0.15) is 25.8 Å². The maximum absolute atomic E-state index is 11.8. The highest BCUT2D eigenvalue weighted by Crippen LogP contribution is 2.17. The van der Waals surface area contributed by atoms with Gasteiger partial charge < -0.3 is 16.0 Å². The van der Waals surface area contributed by atoms with Gasteiger partial charge in [0.05, 0.1) is 0 Å². The normalized spacial score (nSPS) is 19.5. The van der Waals surface area contributed by atoms with E-state index in [0.29, 0.717) is 12.0 Å². The molecule has 1 heterocycles. The van der Waals surface area contributed by atoms with Crippen LogP contribution in [-0.2, 0) is 4.79 Å². The third kappa shape index (κ3) is 4.90. The molecule has 1 saturated heterocycles. The zero-order valence-corrected chi connectivity index (χ0v) is 12.9. The van der Waals surface area contributed by atoms with Crippen molar-refractivity contribution in [2.45, 2.75) is 26.3 Å².